The van der Waals surface area contributed by atoms with Gasteiger partial charge in [-0.25, -0.2) is 4.99 Å². The number of amidine groups is 1. The maximum Gasteiger partial charge on any atom is 0.264 e. The van der Waals surface area contributed by atoms with Crippen molar-refractivity contribution in [2.24, 2.45) is 4.99 Å². The molecule has 1 saturated heterocycles. The number of hydrogen-bond acceptors (Lipinski definition) is 3. The fraction of sp³-hybridized carbons (Fsp3) is 0.0588. The Balaban J connectivity index is 1.82. The van der Waals surface area contributed by atoms with Crippen molar-refractivity contribution < 1.29 is 4.79 Å². The van der Waals surface area contributed by atoms with Crippen molar-refractivity contribution in [3.05, 3.63) is 69.6 Å². The van der Waals surface area contributed by atoms with Gasteiger partial charge in [0.1, 0.15) is 0 Å². The summed E-state index contributed by atoms with van der Waals surface area (Å²) in [6, 6.07) is 15.2. The van der Waals surface area contributed by atoms with Crippen LogP contribution >= 0.6 is 23.4 Å². The van der Waals surface area contributed by atoms with Crippen molar-refractivity contribution in [1.29, 1.82) is 0 Å². The van der Waals surface area contributed by atoms with Gasteiger partial charge in [0.15, 0.2) is 5.17 Å². The van der Waals surface area contributed by atoms with Gasteiger partial charge in [-0.05, 0) is 60.2 Å². The lowest BCUT2D eigenvalue weighted by Gasteiger charge is -1.97. The molecular formula is C17H13ClN2OS. The third-order valence-electron chi connectivity index (χ3n) is 3.05. The van der Waals surface area contributed by atoms with Crippen molar-refractivity contribution in [3.8, 4) is 0 Å². The minimum atomic E-state index is -0.133. The Morgan fingerprint density at radius 1 is 1.18 bits per heavy atom. The molecule has 1 fully saturated rings. The predicted octanol–water partition coefficient (Wildman–Crippen LogP) is 4.54. The second kappa shape index (κ2) is 6.38. The van der Waals surface area contributed by atoms with Crippen LogP contribution < -0.4 is 5.32 Å². The third-order valence-corrected chi connectivity index (χ3v) is 4.21. The molecule has 0 atom stereocenters. The first-order valence-electron chi connectivity index (χ1n) is 6.72. The summed E-state index contributed by atoms with van der Waals surface area (Å²) in [4.78, 5) is 17.1. The summed E-state index contributed by atoms with van der Waals surface area (Å²) in [5.41, 5.74) is 2.89. The Morgan fingerprint density at radius 3 is 2.68 bits per heavy atom. The van der Waals surface area contributed by atoms with E-state index in [9.17, 15) is 4.79 Å². The molecule has 5 heteroatoms. The number of halogens is 1. The number of benzene rings is 2. The second-order valence-electron chi connectivity index (χ2n) is 4.87. The van der Waals surface area contributed by atoms with E-state index < -0.39 is 0 Å². The molecule has 3 rings (SSSR count). The van der Waals surface area contributed by atoms with Gasteiger partial charge in [-0.2, -0.15) is 0 Å². The molecule has 3 nitrogen and oxygen atoms in total. The van der Waals surface area contributed by atoms with Crippen molar-refractivity contribution in [2.45, 2.75) is 6.92 Å². The molecular weight excluding hydrogens is 316 g/mol. The molecule has 110 valence electrons. The molecule has 1 aliphatic rings. The van der Waals surface area contributed by atoms with E-state index >= 15 is 0 Å². The highest BCUT2D eigenvalue weighted by atomic mass is 35.5. The molecule has 0 spiro atoms. The summed E-state index contributed by atoms with van der Waals surface area (Å²) in [7, 11) is 0. The van der Waals surface area contributed by atoms with Crippen molar-refractivity contribution in [2.75, 3.05) is 0 Å². The van der Waals surface area contributed by atoms with E-state index in [1.807, 2.05) is 49.4 Å². The summed E-state index contributed by atoms with van der Waals surface area (Å²) in [6.07, 6.45) is 1.83. The Bertz CT molecular complexity index is 782. The molecule has 2 aromatic rings. The minimum Gasteiger partial charge on any atom is -0.300 e. The van der Waals surface area contributed by atoms with Crippen molar-refractivity contribution in [3.63, 3.8) is 0 Å². The number of aryl methyl sites for hydroxylation is 1. The monoisotopic (exact) mass is 328 g/mol. The molecule has 0 aromatic heterocycles. The molecule has 1 heterocycles. The van der Waals surface area contributed by atoms with Crippen LogP contribution in [0.3, 0.4) is 0 Å². The first-order valence-corrected chi connectivity index (χ1v) is 7.91. The number of hydrogen-bond donors (Lipinski definition) is 1. The van der Waals surface area contributed by atoms with E-state index in [1.165, 1.54) is 11.8 Å². The number of amides is 1. The van der Waals surface area contributed by atoms with Crippen LogP contribution in [0.1, 0.15) is 11.1 Å². The Morgan fingerprint density at radius 2 is 1.95 bits per heavy atom. The van der Waals surface area contributed by atoms with Crippen LogP contribution in [0.5, 0.6) is 0 Å². The number of carbonyl (C=O) groups is 1. The number of nitrogens with zero attached hydrogens (tertiary/aromatic N) is 1. The maximum atomic E-state index is 12.0. The minimum absolute atomic E-state index is 0.133. The summed E-state index contributed by atoms with van der Waals surface area (Å²) in [6.45, 7) is 2.01. The van der Waals surface area contributed by atoms with Crippen LogP contribution in [0.2, 0.25) is 5.02 Å². The fourth-order valence-corrected chi connectivity index (χ4v) is 2.97. The maximum absolute atomic E-state index is 12.0. The predicted molar refractivity (Wildman–Crippen MR) is 93.4 cm³/mol. The van der Waals surface area contributed by atoms with Gasteiger partial charge in [0.05, 0.1) is 10.6 Å². The molecule has 2 aromatic carbocycles. The van der Waals surface area contributed by atoms with E-state index in [4.69, 9.17) is 11.6 Å². The van der Waals surface area contributed by atoms with Gasteiger partial charge in [0.2, 0.25) is 0 Å². The van der Waals surface area contributed by atoms with Gasteiger partial charge >= 0.3 is 0 Å². The molecule has 0 unspecified atom stereocenters. The number of rotatable bonds is 2. The molecule has 0 aliphatic carbocycles. The summed E-state index contributed by atoms with van der Waals surface area (Å²) in [5, 5.41) is 4.05. The summed E-state index contributed by atoms with van der Waals surface area (Å²) in [5.74, 6) is -0.133. The first-order chi connectivity index (χ1) is 10.6. The van der Waals surface area contributed by atoms with Gasteiger partial charge in [0, 0.05) is 5.02 Å². The van der Waals surface area contributed by atoms with Crippen LogP contribution in [0, 0.1) is 6.92 Å². The van der Waals surface area contributed by atoms with E-state index in [-0.39, 0.29) is 5.91 Å². The molecule has 1 aliphatic heterocycles. The van der Waals surface area contributed by atoms with Gasteiger partial charge < -0.3 is 5.32 Å². The fourth-order valence-electron chi connectivity index (χ4n) is 2.01. The van der Waals surface area contributed by atoms with Crippen molar-refractivity contribution >= 4 is 46.2 Å². The zero-order chi connectivity index (χ0) is 15.5. The second-order valence-corrected chi connectivity index (χ2v) is 6.34. The van der Waals surface area contributed by atoms with Crippen LogP contribution in [-0.2, 0) is 4.79 Å². The number of carbonyl (C=O) groups excluding carboxylic acids is 1. The van der Waals surface area contributed by atoms with Gasteiger partial charge in [-0.15, -0.1) is 0 Å². The largest absolute Gasteiger partial charge is 0.300 e. The van der Waals surface area contributed by atoms with Crippen LogP contribution in [-0.4, -0.2) is 11.1 Å². The van der Waals surface area contributed by atoms with Crippen molar-refractivity contribution in [1.82, 2.24) is 5.32 Å². The highest BCUT2D eigenvalue weighted by Gasteiger charge is 2.23. The Kier molecular flexibility index (Phi) is 4.32. The molecule has 1 N–H and O–H groups in total. The van der Waals surface area contributed by atoms with E-state index in [1.54, 1.807) is 12.1 Å². The van der Waals surface area contributed by atoms with E-state index in [0.29, 0.717) is 15.1 Å². The molecule has 0 radical (unpaired) electrons. The normalized spacial score (nSPS) is 18.0. The standard InChI is InChI=1S/C17H13ClN2OS/c1-11-3-2-4-14(9-11)19-17-20-16(21)15(22-17)10-12-5-7-13(18)8-6-12/h2-10H,1H3,(H,19,20,21)/b15-10+. The van der Waals surface area contributed by atoms with Gasteiger partial charge in [0.25, 0.3) is 5.91 Å². The number of aliphatic imine (C=N–C) groups is 1. The lowest BCUT2D eigenvalue weighted by atomic mass is 10.2. The molecule has 22 heavy (non-hydrogen) atoms. The number of nitrogens with one attached hydrogen (secondary N) is 1. The SMILES string of the molecule is Cc1cccc(N=C2NC(=O)/C(=C\c3ccc(Cl)cc3)S2)c1. The average Bonchev–Trinajstić information content (AvgIpc) is 2.81. The van der Waals surface area contributed by atoms with Crippen LogP contribution in [0.4, 0.5) is 5.69 Å². The highest BCUT2D eigenvalue weighted by molar-refractivity contribution is 8.18. The molecule has 0 bridgehead atoms. The zero-order valence-electron chi connectivity index (χ0n) is 11.8. The third kappa shape index (κ3) is 3.59. The average molecular weight is 329 g/mol. The summed E-state index contributed by atoms with van der Waals surface area (Å²) >= 11 is 7.19. The Hall–Kier alpha value is -2.04. The topological polar surface area (TPSA) is 41.5 Å². The van der Waals surface area contributed by atoms with E-state index in [2.05, 4.69) is 10.3 Å². The first kappa shape index (κ1) is 14.9. The molecule has 1 amide bonds. The zero-order valence-corrected chi connectivity index (χ0v) is 13.4. The van der Waals surface area contributed by atoms with Gasteiger partial charge in [-0.1, -0.05) is 35.9 Å². The molecule has 0 saturated carbocycles. The highest BCUT2D eigenvalue weighted by Crippen LogP contribution is 2.28. The van der Waals surface area contributed by atoms with Crippen LogP contribution in [0.15, 0.2) is 58.4 Å². The summed E-state index contributed by atoms with van der Waals surface area (Å²) < 4.78 is 0. The van der Waals surface area contributed by atoms with E-state index in [0.717, 1.165) is 16.8 Å². The lowest BCUT2D eigenvalue weighted by Crippen LogP contribution is -2.19. The smallest absolute Gasteiger partial charge is 0.264 e. The lowest BCUT2D eigenvalue weighted by molar-refractivity contribution is -0.115. The number of thioether (sulfide) groups is 1. The Labute approximate surface area is 138 Å². The van der Waals surface area contributed by atoms with Crippen LogP contribution in [0.25, 0.3) is 6.08 Å². The van der Waals surface area contributed by atoms with Gasteiger partial charge in [-0.3, -0.25) is 4.79 Å². The quantitative estimate of drug-likeness (QED) is 0.822.